The number of aryl methyl sites for hydroxylation is 1. The third-order valence-electron chi connectivity index (χ3n) is 6.05. The molecule has 1 N–H and O–H groups in total. The molecule has 0 radical (unpaired) electrons. The number of nitrogens with one attached hydrogen (secondary N) is 1. The summed E-state index contributed by atoms with van der Waals surface area (Å²) in [6.07, 6.45) is 0. The van der Waals surface area contributed by atoms with E-state index in [1.54, 1.807) is 11.0 Å². The van der Waals surface area contributed by atoms with Crippen LogP contribution in [0.3, 0.4) is 0 Å². The fraction of sp³-hybridized carbons (Fsp3) is 0.154. The van der Waals surface area contributed by atoms with Crippen LogP contribution in [-0.4, -0.2) is 33.9 Å². The number of aromatic amines is 1. The highest BCUT2D eigenvalue weighted by Gasteiger charge is 2.26. The van der Waals surface area contributed by atoms with Crippen LogP contribution in [0.5, 0.6) is 5.75 Å². The lowest BCUT2D eigenvalue weighted by Crippen LogP contribution is -2.32. The molecule has 1 aliphatic rings. The number of carbonyl (C=O) groups is 1. The Labute approximate surface area is 203 Å². The minimum atomic E-state index is -0.350. The van der Waals surface area contributed by atoms with E-state index in [2.05, 4.69) is 22.1 Å². The van der Waals surface area contributed by atoms with E-state index in [9.17, 15) is 9.18 Å². The van der Waals surface area contributed by atoms with E-state index in [1.165, 1.54) is 23.5 Å². The van der Waals surface area contributed by atoms with Crippen molar-refractivity contribution in [2.24, 2.45) is 0 Å². The van der Waals surface area contributed by atoms with Gasteiger partial charge in [-0.1, -0.05) is 23.7 Å². The summed E-state index contributed by atoms with van der Waals surface area (Å²) in [5, 5.41) is 1.06. The molecule has 5 nitrogen and oxygen atoms in total. The van der Waals surface area contributed by atoms with Gasteiger partial charge in [0.1, 0.15) is 28.9 Å². The summed E-state index contributed by atoms with van der Waals surface area (Å²) in [7, 11) is 0. The van der Waals surface area contributed by atoms with Crippen LogP contribution in [0.4, 0.5) is 4.39 Å². The van der Waals surface area contributed by atoms with Crippen LogP contribution in [0, 0.1) is 12.7 Å². The quantitative estimate of drug-likeness (QED) is 0.303. The number of imidazole rings is 1. The Balaban J connectivity index is 1.34. The van der Waals surface area contributed by atoms with Crippen LogP contribution >= 0.6 is 22.9 Å². The van der Waals surface area contributed by atoms with Gasteiger partial charge in [-0.25, -0.2) is 9.37 Å². The SMILES string of the molecule is Cc1nc2ccc(-c3ccc4c(c3)CN(C(=O)c3sc5cc(F)ccc5c3Cl)CCO4)cc2[nH]1. The number of nitrogens with zero attached hydrogens (tertiary/aromatic N) is 2. The summed E-state index contributed by atoms with van der Waals surface area (Å²) in [5.41, 5.74) is 4.91. The predicted molar refractivity (Wildman–Crippen MR) is 133 cm³/mol. The van der Waals surface area contributed by atoms with E-state index in [4.69, 9.17) is 16.3 Å². The highest BCUT2D eigenvalue weighted by molar-refractivity contribution is 7.21. The summed E-state index contributed by atoms with van der Waals surface area (Å²) in [6, 6.07) is 16.5. The summed E-state index contributed by atoms with van der Waals surface area (Å²) < 4.78 is 20.3. The van der Waals surface area contributed by atoms with Gasteiger partial charge in [-0.15, -0.1) is 11.3 Å². The Morgan fingerprint density at radius 2 is 1.97 bits per heavy atom. The summed E-state index contributed by atoms with van der Waals surface area (Å²) in [6.45, 7) is 3.15. The predicted octanol–water partition coefficient (Wildman–Crippen LogP) is 6.58. The van der Waals surface area contributed by atoms with Crippen LogP contribution < -0.4 is 4.74 Å². The van der Waals surface area contributed by atoms with Crippen molar-refractivity contribution < 1.29 is 13.9 Å². The first-order valence-electron chi connectivity index (χ1n) is 10.9. The molecule has 0 aliphatic carbocycles. The average Bonchev–Trinajstić information content (AvgIpc) is 3.27. The molecule has 0 fully saturated rings. The Kier molecular flexibility index (Phi) is 5.04. The highest BCUT2D eigenvalue weighted by atomic mass is 35.5. The Morgan fingerprint density at radius 1 is 1.15 bits per heavy atom. The second-order valence-electron chi connectivity index (χ2n) is 8.34. The molecule has 170 valence electrons. The molecule has 0 saturated heterocycles. The Hall–Kier alpha value is -3.42. The molecule has 8 heteroatoms. The van der Waals surface area contributed by atoms with Gasteiger partial charge in [0, 0.05) is 22.2 Å². The maximum absolute atomic E-state index is 13.7. The van der Waals surface area contributed by atoms with Crippen LogP contribution in [0.1, 0.15) is 21.1 Å². The van der Waals surface area contributed by atoms with Crippen LogP contribution in [0.15, 0.2) is 54.6 Å². The maximum Gasteiger partial charge on any atom is 0.265 e. The van der Waals surface area contributed by atoms with E-state index < -0.39 is 0 Å². The fourth-order valence-corrected chi connectivity index (χ4v) is 5.89. The standard InChI is InChI=1S/C26H19ClFN3O2S/c1-14-29-20-6-2-16(11-21(20)30-14)15-3-7-22-17(10-15)13-31(8-9-33-22)26(32)25-24(27)19-5-4-18(28)12-23(19)34-25/h2-7,10-12H,8-9,13H2,1H3,(H,29,30). The van der Waals surface area contributed by atoms with Gasteiger partial charge < -0.3 is 14.6 Å². The number of H-pyrrole nitrogens is 1. The molecule has 3 aromatic carbocycles. The van der Waals surface area contributed by atoms with Gasteiger partial charge in [-0.05, 0) is 60.5 Å². The lowest BCUT2D eigenvalue weighted by atomic mass is 10.0. The molecule has 0 bridgehead atoms. The highest BCUT2D eigenvalue weighted by Crippen LogP contribution is 2.37. The third kappa shape index (κ3) is 3.61. The van der Waals surface area contributed by atoms with E-state index in [0.29, 0.717) is 39.7 Å². The molecule has 0 saturated carbocycles. The molecule has 1 amide bonds. The molecule has 0 unspecified atom stereocenters. The van der Waals surface area contributed by atoms with Crippen molar-refractivity contribution in [3.8, 4) is 16.9 Å². The number of fused-ring (bicyclic) bond motifs is 3. The Bertz CT molecular complexity index is 1590. The molecular weight excluding hydrogens is 473 g/mol. The second-order valence-corrected chi connectivity index (χ2v) is 9.77. The van der Waals surface area contributed by atoms with Crippen molar-refractivity contribution in [2.45, 2.75) is 13.5 Å². The number of aromatic nitrogens is 2. The van der Waals surface area contributed by atoms with Gasteiger partial charge in [0.25, 0.3) is 5.91 Å². The van der Waals surface area contributed by atoms with Gasteiger partial charge in [0.15, 0.2) is 0 Å². The first-order valence-corrected chi connectivity index (χ1v) is 12.0. The normalized spacial score (nSPS) is 13.7. The largest absolute Gasteiger partial charge is 0.491 e. The average molecular weight is 492 g/mol. The zero-order chi connectivity index (χ0) is 23.4. The molecule has 2 aromatic heterocycles. The number of rotatable bonds is 2. The third-order valence-corrected chi connectivity index (χ3v) is 7.69. The van der Waals surface area contributed by atoms with Crippen LogP contribution in [0.2, 0.25) is 5.02 Å². The topological polar surface area (TPSA) is 58.2 Å². The molecule has 34 heavy (non-hydrogen) atoms. The first-order chi connectivity index (χ1) is 16.5. The number of halogens is 2. The monoisotopic (exact) mass is 491 g/mol. The second kappa shape index (κ2) is 8.11. The molecular formula is C26H19ClFN3O2S. The molecule has 1 aliphatic heterocycles. The smallest absolute Gasteiger partial charge is 0.265 e. The van der Waals surface area contributed by atoms with E-state index >= 15 is 0 Å². The van der Waals surface area contributed by atoms with E-state index in [-0.39, 0.29) is 11.7 Å². The van der Waals surface area contributed by atoms with Crippen molar-refractivity contribution in [2.75, 3.05) is 13.2 Å². The summed E-state index contributed by atoms with van der Waals surface area (Å²) in [4.78, 5) is 23.3. The number of hydrogen-bond donors (Lipinski definition) is 1. The lowest BCUT2D eigenvalue weighted by Gasteiger charge is -2.19. The van der Waals surface area contributed by atoms with Gasteiger partial charge in [0.05, 0.1) is 22.6 Å². The molecule has 0 atom stereocenters. The first kappa shape index (κ1) is 21.1. The molecule has 0 spiro atoms. The Morgan fingerprint density at radius 3 is 2.85 bits per heavy atom. The van der Waals surface area contributed by atoms with Crippen molar-refractivity contribution in [1.29, 1.82) is 0 Å². The lowest BCUT2D eigenvalue weighted by molar-refractivity contribution is 0.0738. The number of thiophene rings is 1. The number of carbonyl (C=O) groups excluding carboxylic acids is 1. The molecule has 5 aromatic rings. The van der Waals surface area contributed by atoms with Crippen LogP contribution in [-0.2, 0) is 6.54 Å². The zero-order valence-electron chi connectivity index (χ0n) is 18.2. The number of hydrogen-bond acceptors (Lipinski definition) is 4. The van der Waals surface area contributed by atoms with Crippen molar-refractivity contribution in [3.63, 3.8) is 0 Å². The minimum absolute atomic E-state index is 0.178. The van der Waals surface area contributed by atoms with Crippen LogP contribution in [0.25, 0.3) is 32.2 Å². The summed E-state index contributed by atoms with van der Waals surface area (Å²) in [5.74, 6) is 1.11. The van der Waals surface area contributed by atoms with E-state index in [1.807, 2.05) is 31.2 Å². The number of benzene rings is 3. The fourth-order valence-electron chi connectivity index (χ4n) is 4.38. The molecule has 6 rings (SSSR count). The minimum Gasteiger partial charge on any atom is -0.491 e. The number of amides is 1. The zero-order valence-corrected chi connectivity index (χ0v) is 19.8. The number of ether oxygens (including phenoxy) is 1. The van der Waals surface area contributed by atoms with Crippen molar-refractivity contribution in [1.82, 2.24) is 14.9 Å². The van der Waals surface area contributed by atoms with Crippen molar-refractivity contribution >= 4 is 50.0 Å². The maximum atomic E-state index is 13.7. The van der Waals surface area contributed by atoms with Gasteiger partial charge >= 0.3 is 0 Å². The van der Waals surface area contributed by atoms with Crippen molar-refractivity contribution in [3.05, 3.63) is 81.7 Å². The van der Waals surface area contributed by atoms with E-state index in [0.717, 1.165) is 39.3 Å². The summed E-state index contributed by atoms with van der Waals surface area (Å²) >= 11 is 7.74. The van der Waals surface area contributed by atoms with Gasteiger partial charge in [-0.3, -0.25) is 4.79 Å². The van der Waals surface area contributed by atoms with Gasteiger partial charge in [-0.2, -0.15) is 0 Å². The van der Waals surface area contributed by atoms with Gasteiger partial charge in [0.2, 0.25) is 0 Å². The molecule has 3 heterocycles.